The molecule has 0 radical (unpaired) electrons. The zero-order valence-corrected chi connectivity index (χ0v) is 19.2. The van der Waals surface area contributed by atoms with E-state index >= 15 is 0 Å². The second-order valence-corrected chi connectivity index (χ2v) is 8.73. The largest absolute Gasteiger partial charge is 0.381 e. The molecule has 1 saturated heterocycles. The molecule has 1 amide bonds. The summed E-state index contributed by atoms with van der Waals surface area (Å²) in [5.41, 5.74) is 1.42. The molecule has 0 aliphatic carbocycles. The summed E-state index contributed by atoms with van der Waals surface area (Å²) in [5, 5.41) is 7.78. The molecule has 2 aromatic heterocycles. The van der Waals surface area contributed by atoms with Crippen LogP contribution in [0.25, 0.3) is 11.0 Å². The van der Waals surface area contributed by atoms with Gasteiger partial charge in [-0.25, -0.2) is 14.1 Å². The highest BCUT2D eigenvalue weighted by atomic mass is 19.1. The smallest absolute Gasteiger partial charge is 0.264 e. The van der Waals surface area contributed by atoms with Gasteiger partial charge in [0.25, 0.3) is 5.56 Å². The second kappa shape index (κ2) is 9.79. The van der Waals surface area contributed by atoms with Gasteiger partial charge in [-0.2, -0.15) is 5.10 Å². The Balaban J connectivity index is 1.28. The van der Waals surface area contributed by atoms with Gasteiger partial charge in [-0.05, 0) is 36.1 Å². The summed E-state index contributed by atoms with van der Waals surface area (Å²) in [6.07, 6.45) is 4.22. The van der Waals surface area contributed by atoms with Crippen molar-refractivity contribution in [1.82, 2.24) is 24.6 Å². The first-order valence-corrected chi connectivity index (χ1v) is 11.6. The molecule has 0 bridgehead atoms. The molecule has 0 atom stereocenters. The molecular weight excluding hydrogens is 449 g/mol. The Morgan fingerprint density at radius 2 is 1.83 bits per heavy atom. The fraction of sp³-hybridized carbons (Fsp3) is 0.308. The summed E-state index contributed by atoms with van der Waals surface area (Å²) in [5.74, 6) is -0.354. The van der Waals surface area contributed by atoms with Crippen molar-refractivity contribution >= 4 is 16.9 Å². The molecule has 1 aliphatic rings. The van der Waals surface area contributed by atoms with E-state index in [0.29, 0.717) is 50.2 Å². The molecule has 5 rings (SSSR count). The number of carbonyl (C=O) groups is 1. The number of rotatable bonds is 7. The molecule has 0 unspecified atom stereocenters. The lowest BCUT2D eigenvalue weighted by Gasteiger charge is -2.36. The zero-order valence-electron chi connectivity index (χ0n) is 19.2. The molecule has 2 aromatic carbocycles. The first-order valence-electron chi connectivity index (χ1n) is 11.6. The maximum atomic E-state index is 13.3. The number of nitrogens with zero attached hydrogens (tertiary/aromatic N) is 4. The highest BCUT2D eigenvalue weighted by molar-refractivity contribution is 5.88. The Morgan fingerprint density at radius 3 is 2.57 bits per heavy atom. The predicted molar refractivity (Wildman–Crippen MR) is 128 cm³/mol. The number of benzene rings is 2. The number of carbonyl (C=O) groups excluding carboxylic acids is 1. The summed E-state index contributed by atoms with van der Waals surface area (Å²) in [4.78, 5) is 30.7. The van der Waals surface area contributed by atoms with Crippen molar-refractivity contribution in [2.45, 2.75) is 31.3 Å². The number of amides is 1. The number of hydrogen-bond acceptors (Lipinski definition) is 5. The molecule has 0 spiro atoms. The van der Waals surface area contributed by atoms with Crippen LogP contribution in [0, 0.1) is 5.82 Å². The van der Waals surface area contributed by atoms with Gasteiger partial charge in [-0.1, -0.05) is 42.5 Å². The van der Waals surface area contributed by atoms with Crippen LogP contribution in [0.5, 0.6) is 0 Å². The molecule has 9 heteroatoms. The van der Waals surface area contributed by atoms with Crippen molar-refractivity contribution in [3.05, 3.63) is 94.4 Å². The van der Waals surface area contributed by atoms with Crippen molar-refractivity contribution in [2.24, 2.45) is 0 Å². The highest BCUT2D eigenvalue weighted by Crippen LogP contribution is 2.35. The summed E-state index contributed by atoms with van der Waals surface area (Å²) in [7, 11) is 0. The maximum Gasteiger partial charge on any atom is 0.264 e. The number of halogens is 1. The van der Waals surface area contributed by atoms with Crippen molar-refractivity contribution < 1.29 is 13.9 Å². The first-order chi connectivity index (χ1) is 17.1. The van der Waals surface area contributed by atoms with E-state index in [2.05, 4.69) is 15.4 Å². The molecule has 35 heavy (non-hydrogen) atoms. The van der Waals surface area contributed by atoms with Crippen LogP contribution in [0.15, 0.2) is 71.9 Å². The van der Waals surface area contributed by atoms with Crippen LogP contribution in [-0.2, 0) is 28.0 Å². The van der Waals surface area contributed by atoms with Gasteiger partial charge in [-0.3, -0.25) is 14.2 Å². The van der Waals surface area contributed by atoms with E-state index in [1.54, 1.807) is 16.8 Å². The van der Waals surface area contributed by atoms with Crippen LogP contribution in [-0.4, -0.2) is 45.0 Å². The third-order valence-electron chi connectivity index (χ3n) is 6.60. The molecule has 1 N–H and O–H groups in total. The minimum absolute atomic E-state index is 0.0296. The summed E-state index contributed by atoms with van der Waals surface area (Å²) < 4.78 is 21.8. The van der Waals surface area contributed by atoms with Crippen LogP contribution < -0.4 is 10.9 Å². The van der Waals surface area contributed by atoms with Gasteiger partial charge < -0.3 is 10.1 Å². The standard InChI is InChI=1S/C26H26FN5O3/c27-21-8-6-19(7-9-21)17-31-18-29-23-22(24(31)33)16-30-32(23)13-12-28-25(34)26(10-14-35-15-11-26)20-4-2-1-3-5-20/h1-9,16,18H,10-15,17H2,(H,28,34). The summed E-state index contributed by atoms with van der Waals surface area (Å²) in [6, 6.07) is 15.8. The Bertz CT molecular complexity index is 1380. The Labute approximate surface area is 201 Å². The monoisotopic (exact) mass is 475 g/mol. The first kappa shape index (κ1) is 22.9. The van der Waals surface area contributed by atoms with Crippen molar-refractivity contribution in [3.8, 4) is 0 Å². The summed E-state index contributed by atoms with van der Waals surface area (Å²) >= 11 is 0. The van der Waals surface area contributed by atoms with Gasteiger partial charge in [0.1, 0.15) is 17.5 Å². The van der Waals surface area contributed by atoms with E-state index in [-0.39, 0.29) is 23.8 Å². The fourth-order valence-corrected chi connectivity index (χ4v) is 4.63. The van der Waals surface area contributed by atoms with E-state index in [4.69, 9.17) is 4.74 Å². The van der Waals surface area contributed by atoms with Gasteiger partial charge in [0.2, 0.25) is 5.91 Å². The molecule has 180 valence electrons. The van der Waals surface area contributed by atoms with Gasteiger partial charge in [0.05, 0.1) is 24.7 Å². The van der Waals surface area contributed by atoms with E-state index in [1.807, 2.05) is 30.3 Å². The fourth-order valence-electron chi connectivity index (χ4n) is 4.63. The normalized spacial score (nSPS) is 15.2. The van der Waals surface area contributed by atoms with Crippen molar-refractivity contribution in [3.63, 3.8) is 0 Å². The molecule has 8 nitrogen and oxygen atoms in total. The average molecular weight is 476 g/mol. The quantitative estimate of drug-likeness (QED) is 0.444. The SMILES string of the molecule is O=C(NCCn1ncc2c(=O)n(Cc3ccc(F)cc3)cnc21)C1(c2ccccc2)CCOCC1. The minimum Gasteiger partial charge on any atom is -0.381 e. The topological polar surface area (TPSA) is 91.0 Å². The minimum atomic E-state index is -0.613. The van der Waals surface area contributed by atoms with E-state index in [0.717, 1.165) is 11.1 Å². The number of fused-ring (bicyclic) bond motifs is 1. The Hall–Kier alpha value is -3.85. The maximum absolute atomic E-state index is 13.3. The number of aromatic nitrogens is 4. The zero-order chi connectivity index (χ0) is 24.3. The van der Waals surface area contributed by atoms with Gasteiger partial charge in [0.15, 0.2) is 5.65 Å². The van der Waals surface area contributed by atoms with Gasteiger partial charge in [0, 0.05) is 19.8 Å². The lowest BCUT2D eigenvalue weighted by Crippen LogP contribution is -2.48. The van der Waals surface area contributed by atoms with Gasteiger partial charge in [-0.15, -0.1) is 0 Å². The predicted octanol–water partition coefficient (Wildman–Crippen LogP) is 2.64. The Kier molecular flexibility index (Phi) is 6.41. The molecule has 0 saturated carbocycles. The molecular formula is C26H26FN5O3. The lowest BCUT2D eigenvalue weighted by molar-refractivity contribution is -0.130. The third-order valence-corrected chi connectivity index (χ3v) is 6.60. The van der Waals surface area contributed by atoms with Crippen molar-refractivity contribution in [1.29, 1.82) is 0 Å². The van der Waals surface area contributed by atoms with E-state index < -0.39 is 5.41 Å². The average Bonchev–Trinajstić information content (AvgIpc) is 3.31. The van der Waals surface area contributed by atoms with Crippen LogP contribution in [0.2, 0.25) is 0 Å². The number of hydrogen-bond donors (Lipinski definition) is 1. The molecule has 1 aliphatic heterocycles. The molecule has 1 fully saturated rings. The van der Waals surface area contributed by atoms with Gasteiger partial charge >= 0.3 is 0 Å². The molecule has 3 heterocycles. The van der Waals surface area contributed by atoms with Crippen LogP contribution in [0.4, 0.5) is 4.39 Å². The van der Waals surface area contributed by atoms with Crippen LogP contribution in [0.3, 0.4) is 0 Å². The second-order valence-electron chi connectivity index (χ2n) is 8.73. The van der Waals surface area contributed by atoms with Crippen molar-refractivity contribution in [2.75, 3.05) is 19.8 Å². The lowest BCUT2D eigenvalue weighted by atomic mass is 9.73. The van der Waals surface area contributed by atoms with Crippen LogP contribution in [0.1, 0.15) is 24.0 Å². The summed E-state index contributed by atoms with van der Waals surface area (Å²) in [6.45, 7) is 2.10. The molecule has 4 aromatic rings. The van der Waals surface area contributed by atoms with E-state index in [9.17, 15) is 14.0 Å². The number of ether oxygens (including phenoxy) is 1. The Morgan fingerprint density at radius 1 is 1.09 bits per heavy atom. The van der Waals surface area contributed by atoms with E-state index in [1.165, 1.54) is 29.2 Å². The number of nitrogens with one attached hydrogen (secondary N) is 1. The van der Waals surface area contributed by atoms with Crippen LogP contribution >= 0.6 is 0 Å². The third kappa shape index (κ3) is 4.59. The highest BCUT2D eigenvalue weighted by Gasteiger charge is 2.41.